The molecule has 0 radical (unpaired) electrons. The zero-order chi connectivity index (χ0) is 29.6. The van der Waals surface area contributed by atoms with Gasteiger partial charge in [0.1, 0.15) is 11.8 Å². The third kappa shape index (κ3) is 8.58. The minimum atomic E-state index is -1.03. The molecule has 0 aromatic heterocycles. The molecule has 0 aliphatic rings. The highest BCUT2D eigenvalue weighted by Gasteiger charge is 2.41. The van der Waals surface area contributed by atoms with E-state index in [9.17, 15) is 19.5 Å². The highest BCUT2D eigenvalue weighted by atomic mass is 16.5. The molecule has 1 aromatic carbocycles. The van der Waals surface area contributed by atoms with Crippen LogP contribution in [0.1, 0.15) is 74.8 Å². The van der Waals surface area contributed by atoms with Crippen molar-refractivity contribution in [3.8, 4) is 5.75 Å². The van der Waals surface area contributed by atoms with Gasteiger partial charge in [-0.15, -0.1) is 0 Å². The van der Waals surface area contributed by atoms with E-state index in [1.807, 2.05) is 86.6 Å². The first-order valence-corrected chi connectivity index (χ1v) is 13.3. The van der Waals surface area contributed by atoms with Gasteiger partial charge >= 0.3 is 5.97 Å². The summed E-state index contributed by atoms with van der Waals surface area (Å²) in [6.07, 6.45) is 1.66. The van der Waals surface area contributed by atoms with Gasteiger partial charge in [-0.25, -0.2) is 4.79 Å². The summed E-state index contributed by atoms with van der Waals surface area (Å²) in [5, 5.41) is 15.5. The van der Waals surface area contributed by atoms with E-state index >= 15 is 0 Å². The van der Waals surface area contributed by atoms with Crippen LogP contribution in [0.3, 0.4) is 0 Å². The highest BCUT2D eigenvalue weighted by molar-refractivity contribution is 5.91. The largest absolute Gasteiger partial charge is 0.491 e. The number of carboxylic acids is 1. The molecule has 0 bridgehead atoms. The van der Waals surface area contributed by atoms with E-state index < -0.39 is 34.9 Å². The molecule has 0 aliphatic heterocycles. The first kappa shape index (κ1) is 33.2. The third-order valence-corrected chi connectivity index (χ3v) is 6.88. The maximum absolute atomic E-state index is 13.8. The van der Waals surface area contributed by atoms with Gasteiger partial charge in [0.25, 0.3) is 0 Å². The van der Waals surface area contributed by atoms with Crippen molar-refractivity contribution in [2.24, 2.45) is 11.3 Å². The number of hydrogen-bond acceptors (Lipinski definition) is 5. The van der Waals surface area contributed by atoms with Crippen molar-refractivity contribution in [1.82, 2.24) is 15.5 Å². The fraction of sp³-hybridized carbons (Fsp3) is 0.633. The molecule has 0 heterocycles. The summed E-state index contributed by atoms with van der Waals surface area (Å²) < 4.78 is 5.75. The number of hydrogen-bond donors (Lipinski definition) is 3. The van der Waals surface area contributed by atoms with Crippen LogP contribution < -0.4 is 15.4 Å². The average molecular weight is 532 g/mol. The van der Waals surface area contributed by atoms with Crippen molar-refractivity contribution in [1.29, 1.82) is 0 Å². The number of nitrogens with one attached hydrogen (secondary N) is 2. The van der Waals surface area contributed by atoms with Crippen LogP contribution >= 0.6 is 0 Å². The molecular weight excluding hydrogens is 482 g/mol. The molecule has 0 saturated carbocycles. The van der Waals surface area contributed by atoms with Gasteiger partial charge in [0, 0.05) is 18.0 Å². The number of carboxylic acid groups (broad SMARTS) is 1. The fourth-order valence-corrected chi connectivity index (χ4v) is 4.53. The number of carbonyl (C=O) groups is 3. The number of rotatable bonds is 12. The van der Waals surface area contributed by atoms with Crippen LogP contribution in [0.15, 0.2) is 35.9 Å². The third-order valence-electron chi connectivity index (χ3n) is 6.88. The summed E-state index contributed by atoms with van der Waals surface area (Å²) in [4.78, 5) is 40.5. The first-order valence-electron chi connectivity index (χ1n) is 13.3. The van der Waals surface area contributed by atoms with E-state index in [1.54, 1.807) is 25.1 Å². The lowest BCUT2D eigenvalue weighted by atomic mass is 9.76. The van der Waals surface area contributed by atoms with Crippen LogP contribution in [-0.2, 0) is 19.8 Å². The summed E-state index contributed by atoms with van der Waals surface area (Å²) >= 11 is 0. The Morgan fingerprint density at radius 1 is 0.974 bits per heavy atom. The number of likely N-dealkylation sites (N-methyl/N-ethyl adjacent to an activating group) is 2. The van der Waals surface area contributed by atoms with Gasteiger partial charge < -0.3 is 25.4 Å². The second-order valence-electron chi connectivity index (χ2n) is 12.3. The van der Waals surface area contributed by atoms with Crippen LogP contribution in [-0.4, -0.2) is 66.1 Å². The topological polar surface area (TPSA) is 108 Å². The summed E-state index contributed by atoms with van der Waals surface area (Å²) in [6, 6.07) is 5.82. The lowest BCUT2D eigenvalue weighted by Gasteiger charge is -2.40. The van der Waals surface area contributed by atoms with Crippen LogP contribution in [0.4, 0.5) is 0 Å². The van der Waals surface area contributed by atoms with Gasteiger partial charge in [0.15, 0.2) is 0 Å². The Hall–Kier alpha value is -2.87. The second-order valence-corrected chi connectivity index (χ2v) is 12.3. The Bertz CT molecular complexity index is 990. The Labute approximate surface area is 229 Å². The molecule has 8 nitrogen and oxygen atoms in total. The van der Waals surface area contributed by atoms with E-state index in [2.05, 4.69) is 10.6 Å². The zero-order valence-corrected chi connectivity index (χ0v) is 25.3. The molecule has 3 atom stereocenters. The molecule has 3 N–H and O–H groups in total. The van der Waals surface area contributed by atoms with Crippen LogP contribution in [0.5, 0.6) is 5.75 Å². The Kier molecular flexibility index (Phi) is 11.6. The number of benzene rings is 1. The average Bonchev–Trinajstić information content (AvgIpc) is 2.79. The summed E-state index contributed by atoms with van der Waals surface area (Å²) in [5.74, 6) is -0.860. The lowest BCUT2D eigenvalue weighted by molar-refractivity contribution is -0.141. The molecule has 0 fully saturated rings. The quantitative estimate of drug-likeness (QED) is 0.346. The molecule has 38 heavy (non-hydrogen) atoms. The smallest absolute Gasteiger partial charge is 0.331 e. The molecule has 0 aliphatic carbocycles. The Morgan fingerprint density at radius 2 is 1.50 bits per heavy atom. The first-order chi connectivity index (χ1) is 17.3. The van der Waals surface area contributed by atoms with Crippen LogP contribution in [0.25, 0.3) is 0 Å². The van der Waals surface area contributed by atoms with Gasteiger partial charge in [-0.2, -0.15) is 0 Å². The molecular formula is C30H49N3O5. The molecule has 8 heteroatoms. The number of carbonyl (C=O) groups excluding carboxylic acids is 2. The summed E-state index contributed by atoms with van der Waals surface area (Å²) in [6.45, 7) is 19.0. The van der Waals surface area contributed by atoms with Gasteiger partial charge in [0.05, 0.1) is 18.2 Å². The maximum atomic E-state index is 13.8. The van der Waals surface area contributed by atoms with Gasteiger partial charge in [-0.05, 0) is 56.8 Å². The number of aliphatic carboxylic acids is 1. The van der Waals surface area contributed by atoms with Crippen molar-refractivity contribution in [3.63, 3.8) is 0 Å². The molecule has 1 rings (SSSR count). The van der Waals surface area contributed by atoms with Gasteiger partial charge in [0.2, 0.25) is 11.8 Å². The van der Waals surface area contributed by atoms with Gasteiger partial charge in [-0.3, -0.25) is 9.59 Å². The normalized spacial score (nSPS) is 15.2. The number of ether oxygens (including phenoxy) is 1. The second kappa shape index (κ2) is 13.3. The van der Waals surface area contributed by atoms with Crippen molar-refractivity contribution >= 4 is 17.8 Å². The van der Waals surface area contributed by atoms with Crippen LogP contribution in [0.2, 0.25) is 0 Å². The van der Waals surface area contributed by atoms with Crippen molar-refractivity contribution in [3.05, 3.63) is 41.5 Å². The molecule has 0 spiro atoms. The number of nitrogens with zero attached hydrogens (tertiary/aromatic N) is 1. The summed E-state index contributed by atoms with van der Waals surface area (Å²) in [7, 11) is 3.39. The summed E-state index contributed by atoms with van der Waals surface area (Å²) in [5.41, 5.74) is -0.0738. The van der Waals surface area contributed by atoms with E-state index in [4.69, 9.17) is 4.74 Å². The molecule has 0 saturated heterocycles. The van der Waals surface area contributed by atoms with Crippen molar-refractivity contribution in [2.45, 2.75) is 98.9 Å². The molecule has 1 aromatic rings. The van der Waals surface area contributed by atoms with Crippen molar-refractivity contribution in [2.75, 3.05) is 14.1 Å². The van der Waals surface area contributed by atoms with E-state index in [1.165, 1.54) is 6.92 Å². The van der Waals surface area contributed by atoms with Gasteiger partial charge in [-0.1, -0.05) is 66.7 Å². The Balaban J connectivity index is 3.29. The maximum Gasteiger partial charge on any atom is 0.331 e. The predicted octanol–water partition coefficient (Wildman–Crippen LogP) is 4.38. The highest BCUT2D eigenvalue weighted by Crippen LogP contribution is 2.30. The monoisotopic (exact) mass is 531 g/mol. The van der Waals surface area contributed by atoms with Crippen LogP contribution in [0, 0.1) is 11.3 Å². The minimum absolute atomic E-state index is 0.0267. The molecule has 214 valence electrons. The van der Waals surface area contributed by atoms with Crippen molar-refractivity contribution < 1.29 is 24.2 Å². The minimum Gasteiger partial charge on any atom is -0.491 e. The molecule has 1 unspecified atom stereocenters. The Morgan fingerprint density at radius 3 is 1.89 bits per heavy atom. The SMILES string of the molecule is CNC(C(=O)N[C@H](C(=O)N(C)[C@H](/C=C(\C)C(=O)O)C(C)C)C(C)(C)C)C(C)(C)c1ccc(OC(C)C)cc1. The predicted molar refractivity (Wildman–Crippen MR) is 152 cm³/mol. The lowest BCUT2D eigenvalue weighted by Crippen LogP contribution is -2.61. The molecule has 2 amide bonds. The van der Waals surface area contributed by atoms with E-state index in [0.29, 0.717) is 0 Å². The number of amides is 2. The fourth-order valence-electron chi connectivity index (χ4n) is 4.53. The zero-order valence-electron chi connectivity index (χ0n) is 25.3. The standard InChI is InChI=1S/C30H49N3O5/c1-18(2)23(17-20(5)28(36)37)33(12)27(35)25(29(6,7)8)32-26(34)24(31-11)30(9,10)21-13-15-22(16-14-21)38-19(3)4/h13-19,23-25,31H,1-12H3,(H,32,34)(H,36,37)/b20-17+/t23-,24?,25-/m1/s1. The van der Waals surface area contributed by atoms with E-state index in [-0.39, 0.29) is 29.4 Å². The van der Waals surface area contributed by atoms with E-state index in [0.717, 1.165) is 11.3 Å².